The van der Waals surface area contributed by atoms with Gasteiger partial charge in [-0.2, -0.15) is 0 Å². The zero-order valence-electron chi connectivity index (χ0n) is 52.6. The van der Waals surface area contributed by atoms with Gasteiger partial charge < -0.3 is 71.3 Å². The molecule has 16 heterocycles. The molecule has 0 amide bonds. The summed E-state index contributed by atoms with van der Waals surface area (Å²) in [6.07, 6.45) is 24.6. The Bertz CT molecular complexity index is 3980. The Hall–Kier alpha value is -8.59. The van der Waals surface area contributed by atoms with Gasteiger partial charge >= 0.3 is 0 Å². The molecule has 9 aliphatic rings. The molecule has 8 aliphatic heterocycles. The van der Waals surface area contributed by atoms with E-state index in [-0.39, 0.29) is 52.7 Å². The highest BCUT2D eigenvalue weighted by molar-refractivity contribution is 6.04. The van der Waals surface area contributed by atoms with Gasteiger partial charge in [-0.25, -0.2) is 49.8 Å². The Balaban J connectivity index is 0.000000115. The van der Waals surface area contributed by atoms with E-state index in [1.165, 1.54) is 5.56 Å². The van der Waals surface area contributed by atoms with E-state index in [0.717, 1.165) is 201 Å². The van der Waals surface area contributed by atoms with Crippen LogP contribution in [0.2, 0.25) is 0 Å². The van der Waals surface area contributed by atoms with Gasteiger partial charge in [-0.1, -0.05) is 0 Å². The van der Waals surface area contributed by atoms with E-state index in [0.29, 0.717) is 36.2 Å². The number of nitrogens with zero attached hydrogens (tertiary/aromatic N) is 14. The number of fused-ring (bicyclic) bond motifs is 5. The highest BCUT2D eigenvalue weighted by Crippen LogP contribution is 2.45. The van der Waals surface area contributed by atoms with Crippen molar-refractivity contribution < 1.29 is 23.7 Å². The van der Waals surface area contributed by atoms with Gasteiger partial charge in [-0.05, 0) is 108 Å². The highest BCUT2D eigenvalue weighted by Gasteiger charge is 2.50. The number of pyridine rings is 3. The summed E-state index contributed by atoms with van der Waals surface area (Å²) in [4.78, 5) is 64.0. The van der Waals surface area contributed by atoms with Gasteiger partial charge in [-0.3, -0.25) is 4.99 Å². The lowest BCUT2D eigenvalue weighted by atomic mass is 9.73. The van der Waals surface area contributed by atoms with E-state index in [1.807, 2.05) is 56.2 Å². The largest absolute Gasteiger partial charge is 0.455 e. The van der Waals surface area contributed by atoms with Crippen LogP contribution in [0.4, 0.5) is 23.3 Å². The van der Waals surface area contributed by atoms with Crippen LogP contribution in [-0.4, -0.2) is 162 Å². The third-order valence-electron chi connectivity index (χ3n) is 21.2. The summed E-state index contributed by atoms with van der Waals surface area (Å²) in [7, 11) is 0. The Morgan fingerprint density at radius 1 is 0.543 bits per heavy atom. The van der Waals surface area contributed by atoms with Crippen molar-refractivity contribution in [3.63, 3.8) is 0 Å². The normalized spacial score (nSPS) is 24.7. The van der Waals surface area contributed by atoms with Gasteiger partial charge in [0.1, 0.15) is 63.1 Å². The summed E-state index contributed by atoms with van der Waals surface area (Å²) in [6, 6.07) is 10.1. The minimum atomic E-state index is 0.0917. The summed E-state index contributed by atoms with van der Waals surface area (Å²) in [5.41, 5.74) is 35.4. The quantitative estimate of drug-likeness (QED) is 0.0968. The van der Waals surface area contributed by atoms with Crippen LogP contribution in [0.1, 0.15) is 105 Å². The summed E-state index contributed by atoms with van der Waals surface area (Å²) in [5, 5.41) is 2.08. The molecule has 0 saturated carbocycles. The molecule has 17 rings (SSSR count). The number of allylic oxidation sites excluding steroid dienone is 1. The Kier molecular flexibility index (Phi) is 15.7. The van der Waals surface area contributed by atoms with Crippen LogP contribution in [0, 0.1) is 23.2 Å². The van der Waals surface area contributed by atoms with E-state index in [9.17, 15) is 0 Å². The SMILES string of the molecule is C[C@@H]1OCC2(CCN(c3cnc4c(n3)CC=C4Oc3ccnc4[nH]ccc34)CC2)[C@@H]1N.C[C@@H]1OCC2(CCN(c3cnc4c(n3)CN=C4Cc3ccnc4[nH]ccc34)CC2)[C@@H]1N.Cc1c(OC2=NCc3nc(N4CCC5(CC4)CO[C@@H](C)[C@H]5N)cnc32)ccnc1N. The second-order valence-corrected chi connectivity index (χ2v) is 26.4. The first-order chi connectivity index (χ1) is 44.7. The number of rotatable bonds is 8. The zero-order valence-corrected chi connectivity index (χ0v) is 52.6. The van der Waals surface area contributed by atoms with Crippen molar-refractivity contribution in [2.75, 3.05) is 79.5 Å². The molecule has 0 aromatic carbocycles. The molecule has 478 valence electrons. The Morgan fingerprint density at radius 3 is 1.59 bits per heavy atom. The van der Waals surface area contributed by atoms with Crippen molar-refractivity contribution in [1.29, 1.82) is 0 Å². The van der Waals surface area contributed by atoms with Crippen molar-refractivity contribution in [1.82, 2.24) is 54.8 Å². The number of aromatic amines is 2. The van der Waals surface area contributed by atoms with Gasteiger partial charge in [0.05, 0.1) is 98.0 Å². The number of nitrogens with two attached hydrogens (primary N) is 4. The maximum absolute atomic E-state index is 6.46. The number of hydrogen-bond acceptors (Lipinski definition) is 23. The third kappa shape index (κ3) is 10.9. The third-order valence-corrected chi connectivity index (χ3v) is 21.2. The lowest BCUT2D eigenvalue weighted by molar-refractivity contribution is 0.0973. The van der Waals surface area contributed by atoms with E-state index in [2.05, 4.69) is 88.6 Å². The van der Waals surface area contributed by atoms with Crippen LogP contribution in [0.25, 0.3) is 27.8 Å². The second kappa shape index (κ2) is 24.1. The topological polar surface area (TPSA) is 332 Å². The van der Waals surface area contributed by atoms with Crippen molar-refractivity contribution in [3.8, 4) is 11.5 Å². The molecular formula is C67H80N20O5. The van der Waals surface area contributed by atoms with Gasteiger partial charge in [0.2, 0.25) is 5.90 Å². The van der Waals surface area contributed by atoms with Gasteiger partial charge in [0.25, 0.3) is 0 Å². The number of nitrogens with one attached hydrogen (secondary N) is 2. The molecule has 3 spiro atoms. The molecule has 25 nitrogen and oxygen atoms in total. The zero-order chi connectivity index (χ0) is 62.9. The lowest BCUT2D eigenvalue weighted by Gasteiger charge is -2.41. The number of nitrogen functional groups attached to an aromatic ring is 1. The van der Waals surface area contributed by atoms with Crippen LogP contribution in [0.5, 0.6) is 11.5 Å². The molecular weight excluding hydrogens is 1160 g/mol. The van der Waals surface area contributed by atoms with Gasteiger partial charge in [0, 0.05) is 128 Å². The van der Waals surface area contributed by atoms with E-state index >= 15 is 0 Å². The summed E-state index contributed by atoms with van der Waals surface area (Å²) in [5.74, 6) is 5.82. The average molecular weight is 1250 g/mol. The Labute approximate surface area is 533 Å². The van der Waals surface area contributed by atoms with Crippen molar-refractivity contribution >= 4 is 62.7 Å². The van der Waals surface area contributed by atoms with Crippen molar-refractivity contribution in [3.05, 3.63) is 131 Å². The van der Waals surface area contributed by atoms with Crippen LogP contribution in [0.3, 0.4) is 0 Å². The molecule has 10 N–H and O–H groups in total. The maximum atomic E-state index is 6.46. The number of aliphatic imine (C=N–C) groups is 2. The fraction of sp³-hybridized carbons (Fsp3) is 0.478. The van der Waals surface area contributed by atoms with Crippen molar-refractivity contribution in [2.45, 2.75) is 129 Å². The average Bonchev–Trinajstić information content (AvgIpc) is 1.61. The fourth-order valence-electron chi connectivity index (χ4n) is 15.0. The molecule has 8 aromatic heterocycles. The van der Waals surface area contributed by atoms with Gasteiger partial charge in [-0.15, -0.1) is 0 Å². The van der Waals surface area contributed by atoms with E-state index in [4.69, 9.17) is 76.5 Å². The molecule has 0 bridgehead atoms. The maximum Gasteiger partial charge on any atom is 0.243 e. The first-order valence-electron chi connectivity index (χ1n) is 32.4. The molecule has 1 aliphatic carbocycles. The Morgan fingerprint density at radius 2 is 1.02 bits per heavy atom. The first-order valence-corrected chi connectivity index (χ1v) is 32.4. The van der Waals surface area contributed by atoms with E-state index in [1.54, 1.807) is 18.5 Å². The number of H-pyrrole nitrogens is 2. The van der Waals surface area contributed by atoms with Crippen molar-refractivity contribution in [2.24, 2.45) is 43.4 Å². The minimum absolute atomic E-state index is 0.0917. The molecule has 92 heavy (non-hydrogen) atoms. The molecule has 6 saturated heterocycles. The minimum Gasteiger partial charge on any atom is -0.455 e. The van der Waals surface area contributed by atoms with E-state index < -0.39 is 0 Å². The number of hydrogen-bond donors (Lipinski definition) is 6. The standard InChI is InChI=1S/C23H27N7O.C23H26N6O2.C21H27N7O2/c1-14-21(24)23(13-31-14)4-8-30(9-5-23)19-12-28-20-17(27-11-18(20)29-19)10-15-2-6-25-22-16(15)3-7-26-22;1-14-21(24)23(13-30-14)6-10-29(11-7-23)19-12-27-20-16(28-19)2-3-18(20)31-17-5-9-26-22-15(17)4-8-25-22;1-12-15(3-6-24-19(12)23)30-20-17-14(9-26-20)27-16(10-25-17)28-7-4-21(5-8-28)11-29-13(2)18(21)22/h2-3,6-7,12,14,21H,4-5,8-11,13,24H2,1H3,(H,25,26);3-5,8-9,12,14,21H,2,6-7,10-11,13,24H2,1H3,(H,25,26);3,6,10,13,18H,4-5,7-9,11,22H2,1-2H3,(H2,23,24)/t2*14-,21+;13-,18+/m000/s1. The number of anilines is 4. The van der Waals surface area contributed by atoms with Gasteiger partial charge in [0.15, 0.2) is 5.76 Å². The fourth-order valence-corrected chi connectivity index (χ4v) is 15.0. The molecule has 0 unspecified atom stereocenters. The van der Waals surface area contributed by atoms with Crippen LogP contribution < -0.4 is 47.1 Å². The summed E-state index contributed by atoms with van der Waals surface area (Å²) in [6.45, 7) is 17.0. The number of ether oxygens (including phenoxy) is 5. The second-order valence-electron chi connectivity index (χ2n) is 26.4. The molecule has 8 aromatic rings. The first kappa shape index (κ1) is 59.7. The smallest absolute Gasteiger partial charge is 0.243 e. The lowest BCUT2D eigenvalue weighted by Crippen LogP contribution is -2.50. The molecule has 0 radical (unpaired) electrons. The molecule has 6 fully saturated rings. The summed E-state index contributed by atoms with van der Waals surface area (Å²) >= 11 is 0. The van der Waals surface area contributed by atoms with Crippen LogP contribution >= 0.6 is 0 Å². The van der Waals surface area contributed by atoms with Crippen LogP contribution in [-0.2, 0) is 40.1 Å². The number of piperidine rings is 3. The predicted octanol–water partition coefficient (Wildman–Crippen LogP) is 6.33. The number of aromatic nitrogens is 11. The van der Waals surface area contributed by atoms with Crippen LogP contribution in [0.15, 0.2) is 96.0 Å². The highest BCUT2D eigenvalue weighted by atomic mass is 16.5. The molecule has 25 heteroatoms. The monoisotopic (exact) mass is 1240 g/mol. The molecule has 6 atom stereocenters. The summed E-state index contributed by atoms with van der Waals surface area (Å²) < 4.78 is 29.7. The predicted molar refractivity (Wildman–Crippen MR) is 351 cm³/mol.